The van der Waals surface area contributed by atoms with E-state index >= 15 is 0 Å². The number of benzene rings is 2. The van der Waals surface area contributed by atoms with E-state index in [1.165, 1.54) is 5.69 Å². The Balaban J connectivity index is 1.88. The van der Waals surface area contributed by atoms with Crippen molar-refractivity contribution in [3.63, 3.8) is 0 Å². The molecule has 2 heterocycles. The van der Waals surface area contributed by atoms with Crippen LogP contribution in [0.3, 0.4) is 0 Å². The molecule has 0 aliphatic carbocycles. The van der Waals surface area contributed by atoms with Gasteiger partial charge in [0.1, 0.15) is 0 Å². The molecule has 0 saturated carbocycles. The Morgan fingerprint density at radius 1 is 1.00 bits per heavy atom. The van der Waals surface area contributed by atoms with Crippen LogP contribution in [0, 0.1) is 0 Å². The Morgan fingerprint density at radius 3 is 2.30 bits per heavy atom. The van der Waals surface area contributed by atoms with Gasteiger partial charge in [-0.05, 0) is 84.5 Å². The van der Waals surface area contributed by atoms with Crippen LogP contribution in [0.15, 0.2) is 53.2 Å². The van der Waals surface area contributed by atoms with Crippen LogP contribution in [0.2, 0.25) is 0 Å². The number of hydrogen-bond donors (Lipinski definition) is 2. The molecule has 4 N–H and O–H groups in total. The number of amides is 2. The summed E-state index contributed by atoms with van der Waals surface area (Å²) in [5.74, 6) is -0.564. The quantitative estimate of drug-likeness (QED) is 0.361. The van der Waals surface area contributed by atoms with Crippen LogP contribution in [0.4, 0.5) is 17.1 Å². The average molecular weight is 519 g/mol. The first-order valence-electron chi connectivity index (χ1n) is 13.0. The van der Waals surface area contributed by atoms with E-state index in [9.17, 15) is 9.59 Å². The van der Waals surface area contributed by atoms with E-state index in [1.807, 2.05) is 30.3 Å². The summed E-state index contributed by atoms with van der Waals surface area (Å²) < 4.78 is 0. The van der Waals surface area contributed by atoms with Gasteiger partial charge in [-0.3, -0.25) is 9.59 Å². The lowest BCUT2D eigenvalue weighted by molar-refractivity contribution is 0.0991. The largest absolute Gasteiger partial charge is 0.368 e. The highest BCUT2D eigenvalue weighted by molar-refractivity contribution is 7.08. The van der Waals surface area contributed by atoms with Crippen molar-refractivity contribution < 1.29 is 9.59 Å². The Hall–Kier alpha value is -3.32. The Kier molecular flexibility index (Phi) is 7.93. The van der Waals surface area contributed by atoms with E-state index in [0.29, 0.717) is 17.2 Å². The van der Waals surface area contributed by atoms with Crippen LogP contribution in [-0.4, -0.2) is 30.4 Å². The molecule has 1 saturated heterocycles. The van der Waals surface area contributed by atoms with Crippen molar-refractivity contribution in [1.82, 2.24) is 0 Å². The molecular weight excluding hydrogens is 480 g/mol. The molecule has 2 aromatic carbocycles. The van der Waals surface area contributed by atoms with Gasteiger partial charge in [0.2, 0.25) is 11.8 Å². The molecule has 6 nitrogen and oxygen atoms in total. The number of thiophene rings is 1. The van der Waals surface area contributed by atoms with E-state index in [4.69, 9.17) is 11.5 Å². The van der Waals surface area contributed by atoms with Gasteiger partial charge in [0.05, 0.1) is 0 Å². The van der Waals surface area contributed by atoms with Gasteiger partial charge in [0.25, 0.3) is 0 Å². The van der Waals surface area contributed by atoms with Crippen molar-refractivity contribution in [3.05, 3.63) is 75.5 Å². The Bertz CT molecular complexity index is 1270. The van der Waals surface area contributed by atoms with Crippen LogP contribution in [-0.2, 0) is 0 Å². The SMILES string of the molecule is CC(C)c1c(C(N)=O)ccc(N(c2cccc(C(N)=O)c2)C2CCN(c3ccsc3)C(C)C2)c1C(C)C. The van der Waals surface area contributed by atoms with Gasteiger partial charge in [-0.25, -0.2) is 0 Å². The summed E-state index contributed by atoms with van der Waals surface area (Å²) in [6.07, 6.45) is 1.90. The summed E-state index contributed by atoms with van der Waals surface area (Å²) in [5.41, 5.74) is 18.0. The van der Waals surface area contributed by atoms with Crippen LogP contribution >= 0.6 is 11.3 Å². The first kappa shape index (κ1) is 26.7. The van der Waals surface area contributed by atoms with E-state index < -0.39 is 11.8 Å². The minimum absolute atomic E-state index is 0.123. The fourth-order valence-electron chi connectivity index (χ4n) is 5.82. The molecule has 1 aromatic heterocycles. The number of nitrogens with zero attached hydrogens (tertiary/aromatic N) is 2. The van der Waals surface area contributed by atoms with Gasteiger partial charge in [0, 0.05) is 52.2 Å². The van der Waals surface area contributed by atoms with Gasteiger partial charge in [0.15, 0.2) is 0 Å². The number of nitrogens with two attached hydrogens (primary N) is 2. The second-order valence-corrected chi connectivity index (χ2v) is 11.4. The van der Waals surface area contributed by atoms with Crippen molar-refractivity contribution >= 4 is 40.2 Å². The lowest BCUT2D eigenvalue weighted by atomic mass is 9.84. The van der Waals surface area contributed by atoms with Crippen LogP contribution in [0.5, 0.6) is 0 Å². The maximum absolute atomic E-state index is 12.4. The molecule has 2 amide bonds. The molecular formula is C30H38N4O2S. The molecule has 2 atom stereocenters. The molecule has 2 unspecified atom stereocenters. The normalized spacial score (nSPS) is 17.9. The third kappa shape index (κ3) is 5.37. The smallest absolute Gasteiger partial charge is 0.248 e. The van der Waals surface area contributed by atoms with Crippen molar-refractivity contribution in [2.45, 2.75) is 71.4 Å². The number of anilines is 3. The van der Waals surface area contributed by atoms with Crippen molar-refractivity contribution in [1.29, 1.82) is 0 Å². The first-order valence-corrected chi connectivity index (χ1v) is 14.0. The van der Waals surface area contributed by atoms with Gasteiger partial charge in [-0.2, -0.15) is 11.3 Å². The number of hydrogen-bond acceptors (Lipinski definition) is 5. The van der Waals surface area contributed by atoms with Gasteiger partial charge < -0.3 is 21.3 Å². The van der Waals surface area contributed by atoms with E-state index in [0.717, 1.165) is 41.9 Å². The van der Waals surface area contributed by atoms with E-state index in [-0.39, 0.29) is 17.9 Å². The molecule has 0 spiro atoms. The summed E-state index contributed by atoms with van der Waals surface area (Å²) >= 11 is 1.72. The molecule has 37 heavy (non-hydrogen) atoms. The highest BCUT2D eigenvalue weighted by Gasteiger charge is 2.33. The van der Waals surface area contributed by atoms with Crippen molar-refractivity contribution in [2.75, 3.05) is 16.3 Å². The predicted molar refractivity (Wildman–Crippen MR) is 154 cm³/mol. The fourth-order valence-corrected chi connectivity index (χ4v) is 6.47. The lowest BCUT2D eigenvalue weighted by Crippen LogP contribution is -2.48. The maximum Gasteiger partial charge on any atom is 0.248 e. The van der Waals surface area contributed by atoms with Gasteiger partial charge >= 0.3 is 0 Å². The van der Waals surface area contributed by atoms with Crippen LogP contribution in [0.25, 0.3) is 0 Å². The summed E-state index contributed by atoms with van der Waals surface area (Å²) in [7, 11) is 0. The van der Waals surface area contributed by atoms with Crippen molar-refractivity contribution in [2.24, 2.45) is 11.5 Å². The zero-order valence-electron chi connectivity index (χ0n) is 22.4. The zero-order chi connectivity index (χ0) is 26.9. The monoisotopic (exact) mass is 518 g/mol. The van der Waals surface area contributed by atoms with Gasteiger partial charge in [-0.1, -0.05) is 33.8 Å². The highest BCUT2D eigenvalue weighted by Crippen LogP contribution is 2.43. The molecule has 1 fully saturated rings. The molecule has 1 aliphatic rings. The third-order valence-electron chi connectivity index (χ3n) is 7.40. The second-order valence-electron chi connectivity index (χ2n) is 10.6. The zero-order valence-corrected chi connectivity index (χ0v) is 23.2. The molecule has 7 heteroatoms. The number of rotatable bonds is 8. The fraction of sp³-hybridized carbons (Fsp3) is 0.400. The third-order valence-corrected chi connectivity index (χ3v) is 8.07. The standard InChI is InChI=1S/C30H38N4O2S/c1-18(2)27-25(30(32)36)9-10-26(28(27)19(3)4)34(22-8-6-7-21(16-22)29(31)35)23-11-13-33(20(5)15-23)24-12-14-37-17-24/h6-10,12,14,16-20,23H,11,13,15H2,1-5H3,(H2,31,35)(H2,32,36). The first-order chi connectivity index (χ1) is 17.6. The summed E-state index contributed by atoms with van der Waals surface area (Å²) in [4.78, 5) is 29.4. The molecule has 0 radical (unpaired) electrons. The molecule has 1 aliphatic heterocycles. The van der Waals surface area contributed by atoms with Gasteiger partial charge in [-0.15, -0.1) is 0 Å². The Labute approximate surface area is 224 Å². The summed E-state index contributed by atoms with van der Waals surface area (Å²) in [5, 5.41) is 4.33. The predicted octanol–water partition coefficient (Wildman–Crippen LogP) is 6.39. The van der Waals surface area contributed by atoms with Crippen molar-refractivity contribution in [3.8, 4) is 0 Å². The summed E-state index contributed by atoms with van der Waals surface area (Å²) in [6, 6.07) is 14.2. The molecule has 4 rings (SSSR count). The number of primary amides is 2. The topological polar surface area (TPSA) is 92.7 Å². The maximum atomic E-state index is 12.4. The minimum atomic E-state index is -0.446. The minimum Gasteiger partial charge on any atom is -0.368 e. The van der Waals surface area contributed by atoms with E-state index in [2.05, 4.69) is 61.2 Å². The molecule has 196 valence electrons. The van der Waals surface area contributed by atoms with Crippen LogP contribution in [0.1, 0.15) is 91.1 Å². The lowest BCUT2D eigenvalue weighted by Gasteiger charge is -2.45. The molecule has 3 aromatic rings. The Morgan fingerprint density at radius 2 is 1.73 bits per heavy atom. The summed E-state index contributed by atoms with van der Waals surface area (Å²) in [6.45, 7) is 11.8. The average Bonchev–Trinajstić information content (AvgIpc) is 3.38. The number of piperidine rings is 1. The number of carbonyl (C=O) groups excluding carboxylic acids is 2. The van der Waals surface area contributed by atoms with Crippen LogP contribution < -0.4 is 21.3 Å². The van der Waals surface area contributed by atoms with E-state index in [1.54, 1.807) is 17.4 Å². The second kappa shape index (κ2) is 11.0. The number of carbonyl (C=O) groups is 2. The highest BCUT2D eigenvalue weighted by atomic mass is 32.1. The molecule has 0 bridgehead atoms.